The Labute approximate surface area is 739 Å². The number of ether oxygens (including phenoxy) is 6. The van der Waals surface area contributed by atoms with Gasteiger partial charge < -0.3 is 89.0 Å². The number of halogens is 1. The maximum absolute atomic E-state index is 14.9. The molecule has 6 heterocycles. The molecule has 4 saturated carbocycles. The summed E-state index contributed by atoms with van der Waals surface area (Å²) < 4.78 is 75.6. The number of fused-ring (bicyclic) bond motifs is 2. The van der Waals surface area contributed by atoms with E-state index in [1.165, 1.54) is 81.0 Å². The van der Waals surface area contributed by atoms with E-state index in [-0.39, 0.29) is 80.1 Å². The van der Waals surface area contributed by atoms with Crippen molar-refractivity contribution in [3.05, 3.63) is 144 Å². The summed E-state index contributed by atoms with van der Waals surface area (Å²) in [5.74, 6) is -1.74. The topological polar surface area (TPSA) is 405 Å². The summed E-state index contributed by atoms with van der Waals surface area (Å²) in [5, 5.41) is 30.6. The van der Waals surface area contributed by atoms with Gasteiger partial charge in [0.25, 0.3) is 0 Å². The van der Waals surface area contributed by atoms with E-state index < -0.39 is 121 Å². The zero-order chi connectivity index (χ0) is 89.8. The highest BCUT2D eigenvalue weighted by Crippen LogP contribution is 2.71. The molecular formula is C89H108ClN13O18P2S2. The highest BCUT2D eigenvalue weighted by Gasteiger charge is 2.70. The lowest BCUT2D eigenvalue weighted by Gasteiger charge is -2.35. The summed E-state index contributed by atoms with van der Waals surface area (Å²) in [6, 6.07) is 23.9. The first-order chi connectivity index (χ1) is 59.3. The molecule has 8 N–H and O–H groups in total. The molecule has 0 bridgehead atoms. The third-order valence-corrected chi connectivity index (χ3v) is 28.9. The van der Waals surface area contributed by atoms with E-state index in [0.29, 0.717) is 72.6 Å². The lowest BCUT2D eigenvalue weighted by atomic mass is 9.85. The van der Waals surface area contributed by atoms with Crippen LogP contribution in [0.15, 0.2) is 133 Å². The van der Waals surface area contributed by atoms with Crippen LogP contribution in [0.25, 0.3) is 44.6 Å². The fourth-order valence-electron chi connectivity index (χ4n) is 16.2. The maximum Gasteiger partial charge on any atom is 0.408 e. The second-order valence-electron chi connectivity index (χ2n) is 35.2. The number of anilines is 2. The smallest absolute Gasteiger partial charge is 0.408 e. The molecule has 6 amide bonds. The maximum atomic E-state index is 14.9. The Bertz CT molecular complexity index is 5530. The number of amides is 6. The fourth-order valence-corrected chi connectivity index (χ4v) is 21.6. The van der Waals surface area contributed by atoms with Crippen molar-refractivity contribution in [2.45, 2.75) is 218 Å². The number of nitrogens with zero attached hydrogens (tertiary/aromatic N) is 7. The standard InChI is InChI=1S/C45H54N7O9PS.C44H54ClN6O9PS/c1-8-28-22-45(28,62(56,57)61-31-15-11-12-27(18-31)23-46)51-40(53)37-20-32(24-52(37)41(54)39(44(4,5)6)50-43(55)60-29-13-9-10-14-29)59-38-21-35(36-25-63-42(49-36)47-26(2)3)48-34-19-30(58-7)16-17-33(34)38;1-8-26-22-44(26,61(55,56)60-30-15-11-12-27(45)18-30)50-39(52)36-20-31(23-51(36)40(53)38(43(4,5)6)49-42(54)59-28-13-9-10-14-28)58-37-21-34(35-24-62-41(48-35)46-25(2)3)47-33-19-29(57-7)16-17-32(33)37/h8,11-12,15-19,21,25-26,28-29,32,37,39H,1,9-10,13-14,20,22,24H2,2-7H3,(H,47,49)(H,50,55)(H,51,53)(H,56,57);8,11-12,15-19,21,24-26,28,31,36,38H,1,9-10,13-14,20,22-23H2,2-7H3,(H,46,48)(H,49,54)(H,50,52)(H,55,56)/t28-,32-,37+,39-,45+;26-,31-,36+,38-,44+/m11/s1. The minimum absolute atomic E-state index is 0.00483. The lowest BCUT2D eigenvalue weighted by molar-refractivity contribution is -0.142. The Morgan fingerprint density at radius 3 is 1.34 bits per heavy atom. The third kappa shape index (κ3) is 21.2. The Morgan fingerprint density at radius 2 is 0.976 bits per heavy atom. The molecule has 31 nitrogen and oxygen atoms in total. The molecule has 2 aliphatic heterocycles. The number of methoxy groups -OCH3 is 2. The molecule has 4 aliphatic carbocycles. The number of hydrogen-bond acceptors (Lipinski definition) is 25. The van der Waals surface area contributed by atoms with Crippen molar-refractivity contribution in [1.82, 2.24) is 51.0 Å². The number of nitrogens with one attached hydrogen (secondary N) is 6. The number of nitriles is 1. The molecule has 6 aliphatic rings. The molecule has 36 heteroatoms. The normalized spacial score (nSPS) is 22.6. The zero-order valence-corrected chi connectivity index (χ0v) is 76.1. The SMILES string of the molecule is C=C[C@@H]1C[C@]1(NC(=O)[C@@H]1C[C@@H](Oc2cc(-c3csc(NC(C)C)n3)nc3cc(OC)ccc23)CN1C(=O)[C@@H](NC(=O)OC1CCCC1)C(C)(C)C)P(=O)(O)Oc1cccc(C#N)c1.C=C[C@@H]1C[C@]1(NC(=O)[C@@H]1C[C@@H](Oc2cc(-c3csc(NC(C)C)n3)nc3cc(OC)ccc23)CN1C(=O)[C@@H](NC(=O)OC1CCCC1)C(C)(C)C)P(=O)(O)Oc1cccc(Cl)c1. The zero-order valence-electron chi connectivity index (χ0n) is 71.9. The van der Waals surface area contributed by atoms with Crippen LogP contribution in [-0.4, -0.2) is 174 Å². The highest BCUT2D eigenvalue weighted by molar-refractivity contribution is 7.55. The van der Waals surface area contributed by atoms with Crippen molar-refractivity contribution >= 4 is 117 Å². The average Bonchev–Trinajstić information content (AvgIpc) is 1.56. The van der Waals surface area contributed by atoms with Gasteiger partial charge in [-0.15, -0.1) is 35.8 Å². The number of carbonyl (C=O) groups excluding carboxylic acids is 6. The number of alkyl carbamates (subject to hydrolysis) is 2. The van der Waals surface area contributed by atoms with Crippen molar-refractivity contribution < 1.29 is 85.2 Å². The number of aromatic nitrogens is 4. The first-order valence-electron chi connectivity index (χ1n) is 41.8. The Morgan fingerprint density at radius 1 is 0.568 bits per heavy atom. The first-order valence-corrected chi connectivity index (χ1v) is 47.1. The van der Waals surface area contributed by atoms with E-state index >= 15 is 0 Å². The second kappa shape index (κ2) is 37.9. The van der Waals surface area contributed by atoms with Crippen LogP contribution in [0.2, 0.25) is 5.02 Å². The van der Waals surface area contributed by atoms with Gasteiger partial charge in [-0.1, -0.05) is 77.4 Å². The summed E-state index contributed by atoms with van der Waals surface area (Å²) in [6.45, 7) is 26.5. The van der Waals surface area contributed by atoms with Gasteiger partial charge in [-0.2, -0.15) is 5.26 Å². The van der Waals surface area contributed by atoms with Crippen LogP contribution >= 0.6 is 49.5 Å². The van der Waals surface area contributed by atoms with E-state index in [2.05, 4.69) is 45.1 Å². The minimum Gasteiger partial charge on any atom is -0.497 e. The van der Waals surface area contributed by atoms with Crippen molar-refractivity contribution in [2.75, 3.05) is 37.9 Å². The van der Waals surface area contributed by atoms with Crippen LogP contribution in [0, 0.1) is 34.0 Å². The largest absolute Gasteiger partial charge is 0.497 e. The number of thiazole rings is 2. The summed E-state index contributed by atoms with van der Waals surface area (Å²) in [7, 11) is -6.25. The van der Waals surface area contributed by atoms with E-state index in [1.54, 1.807) is 83.5 Å². The number of rotatable bonds is 30. The third-order valence-electron chi connectivity index (χ3n) is 22.9. The molecular weight excluding hydrogens is 1700 g/mol. The number of likely N-dealkylation sites (tertiary alicyclic amines) is 2. The summed E-state index contributed by atoms with van der Waals surface area (Å²) in [5.41, 5.74) is 2.00. The van der Waals surface area contributed by atoms with Gasteiger partial charge in [-0.3, -0.25) is 19.2 Å². The Hall–Kier alpha value is -10.6. The van der Waals surface area contributed by atoms with Crippen LogP contribution in [0.3, 0.4) is 0 Å². The quantitative estimate of drug-likeness (QED) is 0.0153. The molecule has 2 unspecified atom stereocenters. The number of hydrogen-bond donors (Lipinski definition) is 8. The molecule has 14 rings (SSSR count). The van der Waals surface area contributed by atoms with E-state index in [4.69, 9.17) is 69.0 Å². The molecule has 8 aromatic rings. The van der Waals surface area contributed by atoms with Gasteiger partial charge >= 0.3 is 27.4 Å². The van der Waals surface area contributed by atoms with E-state index in [0.717, 1.165) is 61.6 Å². The molecule has 666 valence electrons. The number of pyridine rings is 2. The molecule has 4 aromatic carbocycles. The molecule has 0 spiro atoms. The van der Waals surface area contributed by atoms with Gasteiger partial charge in [0.05, 0.1) is 61.4 Å². The molecule has 6 fully saturated rings. The Balaban J connectivity index is 0.000000215. The predicted molar refractivity (Wildman–Crippen MR) is 477 cm³/mol. The molecule has 12 atom stereocenters. The van der Waals surface area contributed by atoms with Crippen molar-refractivity contribution in [3.8, 4) is 63.3 Å². The number of benzene rings is 4. The van der Waals surface area contributed by atoms with Crippen LogP contribution in [0.5, 0.6) is 34.5 Å². The highest BCUT2D eigenvalue weighted by atomic mass is 35.5. The minimum atomic E-state index is -4.72. The van der Waals surface area contributed by atoms with E-state index in [1.807, 2.05) is 77.4 Å². The first kappa shape index (κ1) is 92.1. The van der Waals surface area contributed by atoms with Crippen LogP contribution in [-0.2, 0) is 37.8 Å². The van der Waals surface area contributed by atoms with Gasteiger partial charge in [0, 0.05) is 87.6 Å². The molecule has 2 saturated heterocycles. The molecule has 4 aromatic heterocycles. The monoisotopic (exact) mass is 1810 g/mol. The van der Waals surface area contributed by atoms with Gasteiger partial charge in [-0.05, 0) is 163 Å². The number of carbonyl (C=O) groups is 6. The van der Waals surface area contributed by atoms with Gasteiger partial charge in [0.2, 0.25) is 23.6 Å². The molecule has 125 heavy (non-hydrogen) atoms. The van der Waals surface area contributed by atoms with Crippen LogP contribution in [0.1, 0.15) is 152 Å². The lowest BCUT2D eigenvalue weighted by Crippen LogP contribution is -2.58. The summed E-state index contributed by atoms with van der Waals surface area (Å²) in [4.78, 5) is 131. The van der Waals surface area contributed by atoms with Crippen molar-refractivity contribution in [3.63, 3.8) is 0 Å². The van der Waals surface area contributed by atoms with Crippen LogP contribution in [0.4, 0.5) is 19.9 Å². The second-order valence-corrected chi connectivity index (χ2v) is 41.4. The van der Waals surface area contributed by atoms with Gasteiger partial charge in [0.15, 0.2) is 20.8 Å². The average molecular weight is 1810 g/mol. The molecule has 0 radical (unpaired) electrons. The summed E-state index contributed by atoms with van der Waals surface area (Å²) in [6.07, 6.45) is 6.32. The van der Waals surface area contributed by atoms with Gasteiger partial charge in [-0.25, -0.2) is 38.7 Å². The predicted octanol–water partition coefficient (Wildman–Crippen LogP) is 16.3. The Kier molecular flexibility index (Phi) is 27.9. The van der Waals surface area contributed by atoms with Crippen LogP contribution < -0.4 is 59.9 Å². The van der Waals surface area contributed by atoms with Crippen molar-refractivity contribution in [1.29, 1.82) is 5.26 Å². The van der Waals surface area contributed by atoms with Crippen molar-refractivity contribution in [2.24, 2.45) is 22.7 Å². The summed E-state index contributed by atoms with van der Waals surface area (Å²) >= 11 is 9.04. The van der Waals surface area contributed by atoms with E-state index in [9.17, 15) is 52.9 Å². The fraction of sp³-hybridized carbons (Fsp3) is 0.472. The van der Waals surface area contributed by atoms with Gasteiger partial charge in [0.1, 0.15) is 94.5 Å².